The number of nitrogens with zero attached hydrogens (tertiary/aromatic N) is 1. The maximum Gasteiger partial charge on any atom is 0.243 e. The molecule has 0 heterocycles. The van der Waals surface area contributed by atoms with Crippen LogP contribution < -0.4 is 5.32 Å². The first-order valence-corrected chi connectivity index (χ1v) is 11.5. The largest absolute Gasteiger partial charge is 0.354 e. The minimum Gasteiger partial charge on any atom is -0.354 e. The molecule has 0 aliphatic carbocycles. The summed E-state index contributed by atoms with van der Waals surface area (Å²) in [6, 6.07) is 25.1. The van der Waals surface area contributed by atoms with Crippen molar-refractivity contribution in [3.05, 3.63) is 107 Å². The smallest absolute Gasteiger partial charge is 0.243 e. The molecule has 4 nitrogen and oxygen atoms in total. The van der Waals surface area contributed by atoms with Crippen molar-refractivity contribution in [2.24, 2.45) is 0 Å². The van der Waals surface area contributed by atoms with Crippen LogP contribution in [0.1, 0.15) is 36.5 Å². The third-order valence-corrected chi connectivity index (χ3v) is 5.59. The molecule has 0 spiro atoms. The molecule has 5 heteroatoms. The summed E-state index contributed by atoms with van der Waals surface area (Å²) in [5.41, 5.74) is 2.39. The Kier molecular flexibility index (Phi) is 9.19. The number of hydrogen-bond donors (Lipinski definition) is 1. The van der Waals surface area contributed by atoms with E-state index in [1.807, 2.05) is 67.6 Å². The summed E-state index contributed by atoms with van der Waals surface area (Å²) < 4.78 is 14.5. The highest BCUT2D eigenvalue weighted by Gasteiger charge is 2.30. The minimum atomic E-state index is -0.734. The Morgan fingerprint density at radius 3 is 2.12 bits per heavy atom. The van der Waals surface area contributed by atoms with Crippen molar-refractivity contribution in [2.75, 3.05) is 6.54 Å². The monoisotopic (exact) mass is 446 g/mol. The van der Waals surface area contributed by atoms with Crippen LogP contribution in [0.3, 0.4) is 0 Å². The summed E-state index contributed by atoms with van der Waals surface area (Å²) >= 11 is 0. The first-order chi connectivity index (χ1) is 16.1. The lowest BCUT2D eigenvalue weighted by atomic mass is 10.0. The predicted molar refractivity (Wildman–Crippen MR) is 129 cm³/mol. The molecule has 0 aliphatic rings. The second-order valence-electron chi connectivity index (χ2n) is 8.10. The lowest BCUT2D eigenvalue weighted by Crippen LogP contribution is -2.50. The van der Waals surface area contributed by atoms with E-state index in [1.54, 1.807) is 23.1 Å². The van der Waals surface area contributed by atoms with Gasteiger partial charge in [-0.3, -0.25) is 9.59 Å². The zero-order chi connectivity index (χ0) is 23.5. The number of rotatable bonds is 11. The molecule has 0 unspecified atom stereocenters. The van der Waals surface area contributed by atoms with Gasteiger partial charge in [-0.05, 0) is 30.0 Å². The highest BCUT2D eigenvalue weighted by Crippen LogP contribution is 2.18. The fourth-order valence-corrected chi connectivity index (χ4v) is 3.77. The average molecular weight is 447 g/mol. The van der Waals surface area contributed by atoms with Gasteiger partial charge in [0.15, 0.2) is 0 Å². The second kappa shape index (κ2) is 12.5. The van der Waals surface area contributed by atoms with Gasteiger partial charge in [0, 0.05) is 31.5 Å². The third kappa shape index (κ3) is 7.28. The van der Waals surface area contributed by atoms with Crippen molar-refractivity contribution >= 4 is 11.8 Å². The predicted octanol–water partition coefficient (Wildman–Crippen LogP) is 4.92. The van der Waals surface area contributed by atoms with Crippen LogP contribution in [0.25, 0.3) is 0 Å². The van der Waals surface area contributed by atoms with E-state index in [1.165, 1.54) is 6.07 Å². The fourth-order valence-electron chi connectivity index (χ4n) is 3.77. The van der Waals surface area contributed by atoms with Crippen LogP contribution in [-0.2, 0) is 29.0 Å². The number of benzene rings is 3. The van der Waals surface area contributed by atoms with Gasteiger partial charge in [-0.25, -0.2) is 4.39 Å². The van der Waals surface area contributed by atoms with E-state index in [9.17, 15) is 14.0 Å². The van der Waals surface area contributed by atoms with Crippen LogP contribution in [0.4, 0.5) is 4.39 Å². The normalized spacial score (nSPS) is 11.6. The topological polar surface area (TPSA) is 49.4 Å². The lowest BCUT2D eigenvalue weighted by molar-refractivity contribution is -0.141. The molecule has 0 bridgehead atoms. The van der Waals surface area contributed by atoms with Gasteiger partial charge in [0.1, 0.15) is 11.9 Å². The molecule has 172 valence electrons. The van der Waals surface area contributed by atoms with E-state index < -0.39 is 6.04 Å². The summed E-state index contributed by atoms with van der Waals surface area (Å²) in [7, 11) is 0. The molecule has 2 amide bonds. The molecule has 0 saturated heterocycles. The van der Waals surface area contributed by atoms with Crippen molar-refractivity contribution in [1.29, 1.82) is 0 Å². The lowest BCUT2D eigenvalue weighted by Gasteiger charge is -2.31. The van der Waals surface area contributed by atoms with Gasteiger partial charge in [0.2, 0.25) is 11.8 Å². The van der Waals surface area contributed by atoms with Crippen LogP contribution in [0.2, 0.25) is 0 Å². The Bertz CT molecular complexity index is 1020. The Balaban J connectivity index is 1.89. The van der Waals surface area contributed by atoms with E-state index in [-0.39, 0.29) is 30.6 Å². The summed E-state index contributed by atoms with van der Waals surface area (Å²) in [6.07, 6.45) is 1.95. The number of carbonyl (C=O) groups is 2. The number of amides is 2. The van der Waals surface area contributed by atoms with Crippen molar-refractivity contribution in [2.45, 2.75) is 45.2 Å². The highest BCUT2D eigenvalue weighted by atomic mass is 19.1. The van der Waals surface area contributed by atoms with Gasteiger partial charge in [-0.1, -0.05) is 85.8 Å². The molecule has 0 aliphatic heterocycles. The number of hydrogen-bond acceptors (Lipinski definition) is 2. The van der Waals surface area contributed by atoms with E-state index in [0.29, 0.717) is 24.9 Å². The Morgan fingerprint density at radius 2 is 1.48 bits per heavy atom. The summed E-state index contributed by atoms with van der Waals surface area (Å²) in [6.45, 7) is 2.54. The van der Waals surface area contributed by atoms with Gasteiger partial charge < -0.3 is 10.2 Å². The molecular weight excluding hydrogens is 415 g/mol. The molecule has 0 fully saturated rings. The molecule has 0 aromatic heterocycles. The van der Waals surface area contributed by atoms with E-state index in [2.05, 4.69) is 5.32 Å². The van der Waals surface area contributed by atoms with Crippen LogP contribution >= 0.6 is 0 Å². The number of aryl methyl sites for hydroxylation is 1. The van der Waals surface area contributed by atoms with E-state index in [4.69, 9.17) is 0 Å². The van der Waals surface area contributed by atoms with Gasteiger partial charge in [0.05, 0.1) is 0 Å². The standard InChI is InChI=1S/C28H31FN2O2/c1-2-19-30-28(33)26(20-23-13-7-4-8-14-23)31(21-24-15-9-10-16-25(24)29)27(32)18-17-22-11-5-3-6-12-22/h3-16,26H,2,17-21H2,1H3,(H,30,33)/t26-/m1/s1. The zero-order valence-corrected chi connectivity index (χ0v) is 19.0. The molecule has 1 N–H and O–H groups in total. The molecule has 1 atom stereocenters. The highest BCUT2D eigenvalue weighted by molar-refractivity contribution is 5.88. The number of nitrogens with one attached hydrogen (secondary N) is 1. The number of halogens is 1. The zero-order valence-electron chi connectivity index (χ0n) is 19.0. The molecule has 0 radical (unpaired) electrons. The molecule has 3 aromatic rings. The van der Waals surface area contributed by atoms with Gasteiger partial charge >= 0.3 is 0 Å². The quantitative estimate of drug-likeness (QED) is 0.454. The van der Waals surface area contributed by atoms with Crippen molar-refractivity contribution in [3.8, 4) is 0 Å². The van der Waals surface area contributed by atoms with Crippen LogP contribution in [-0.4, -0.2) is 29.3 Å². The van der Waals surface area contributed by atoms with E-state index >= 15 is 0 Å². The molecule has 3 aromatic carbocycles. The maximum absolute atomic E-state index is 14.5. The van der Waals surface area contributed by atoms with Gasteiger partial charge in [-0.2, -0.15) is 0 Å². The van der Waals surface area contributed by atoms with Crippen LogP contribution in [0, 0.1) is 5.82 Å². The van der Waals surface area contributed by atoms with Crippen LogP contribution in [0.15, 0.2) is 84.9 Å². The first-order valence-electron chi connectivity index (χ1n) is 11.5. The Hall–Kier alpha value is -3.47. The molecule has 33 heavy (non-hydrogen) atoms. The summed E-state index contributed by atoms with van der Waals surface area (Å²) in [5.74, 6) is -0.773. The van der Waals surface area contributed by atoms with E-state index in [0.717, 1.165) is 17.5 Å². The SMILES string of the molecule is CCCNC(=O)[C@@H](Cc1ccccc1)N(Cc1ccccc1F)C(=O)CCc1ccccc1. The third-order valence-electron chi connectivity index (χ3n) is 5.59. The Labute approximate surface area is 195 Å². The Morgan fingerprint density at radius 1 is 0.879 bits per heavy atom. The summed E-state index contributed by atoms with van der Waals surface area (Å²) in [4.78, 5) is 28.2. The second-order valence-corrected chi connectivity index (χ2v) is 8.10. The average Bonchev–Trinajstić information content (AvgIpc) is 2.85. The number of carbonyl (C=O) groups excluding carboxylic acids is 2. The minimum absolute atomic E-state index is 0.0390. The molecule has 3 rings (SSSR count). The molecule has 0 saturated carbocycles. The van der Waals surface area contributed by atoms with Crippen molar-refractivity contribution < 1.29 is 14.0 Å². The fraction of sp³-hybridized carbons (Fsp3) is 0.286. The van der Waals surface area contributed by atoms with Crippen molar-refractivity contribution in [3.63, 3.8) is 0 Å². The van der Waals surface area contributed by atoms with Gasteiger partial charge in [0.25, 0.3) is 0 Å². The van der Waals surface area contributed by atoms with Crippen molar-refractivity contribution in [1.82, 2.24) is 10.2 Å². The first kappa shape index (κ1) is 24.2. The van der Waals surface area contributed by atoms with Gasteiger partial charge in [-0.15, -0.1) is 0 Å². The molecular formula is C28H31FN2O2. The summed E-state index contributed by atoms with van der Waals surface area (Å²) in [5, 5.41) is 2.94. The maximum atomic E-state index is 14.5. The van der Waals surface area contributed by atoms with Crippen LogP contribution in [0.5, 0.6) is 0 Å².